The van der Waals surface area contributed by atoms with Gasteiger partial charge in [-0.3, -0.25) is 14.4 Å². The van der Waals surface area contributed by atoms with Crippen LogP contribution >= 0.6 is 0 Å². The number of Topliss-reactive ketones (excluding diaryl/α,β-unsaturated/α-hetero) is 3. The predicted octanol–water partition coefficient (Wildman–Crippen LogP) is -0.658. The number of aliphatic hydroxyl groups excluding tert-OH is 1. The highest BCUT2D eigenvalue weighted by atomic mass is 16.3. The van der Waals surface area contributed by atoms with E-state index in [-0.39, 0.29) is 0 Å². The van der Waals surface area contributed by atoms with Crippen LogP contribution in [0.3, 0.4) is 0 Å². The minimum absolute atomic E-state index is 0.517. The Kier molecular flexibility index (Phi) is 3.60. The van der Waals surface area contributed by atoms with Crippen molar-refractivity contribution in [2.75, 3.05) is 6.61 Å². The van der Waals surface area contributed by atoms with Gasteiger partial charge in [0.15, 0.2) is 5.78 Å². The van der Waals surface area contributed by atoms with Crippen molar-refractivity contribution in [3.8, 4) is 0 Å². The van der Waals surface area contributed by atoms with E-state index >= 15 is 0 Å². The molecule has 0 spiro atoms. The predicted molar refractivity (Wildman–Crippen MR) is 36.9 cm³/mol. The van der Waals surface area contributed by atoms with Crippen LogP contribution in [0.4, 0.5) is 0 Å². The molecule has 0 radical (unpaired) electrons. The first kappa shape index (κ1) is 9.97. The van der Waals surface area contributed by atoms with E-state index in [1.54, 1.807) is 0 Å². The Morgan fingerprint density at radius 2 is 1.55 bits per heavy atom. The zero-order valence-corrected chi connectivity index (χ0v) is 6.46. The van der Waals surface area contributed by atoms with Crippen molar-refractivity contribution in [3.63, 3.8) is 0 Å². The number of hydrogen-bond donors (Lipinski definition) is 1. The van der Waals surface area contributed by atoms with E-state index in [0.29, 0.717) is 0 Å². The summed E-state index contributed by atoms with van der Waals surface area (Å²) in [7, 11) is 0. The summed E-state index contributed by atoms with van der Waals surface area (Å²) in [4.78, 5) is 32.0. The number of aliphatic hydroxyl groups is 1. The van der Waals surface area contributed by atoms with Gasteiger partial charge < -0.3 is 5.11 Å². The first-order valence-corrected chi connectivity index (χ1v) is 3.15. The van der Waals surface area contributed by atoms with Gasteiger partial charge in [-0.25, -0.2) is 0 Å². The molecule has 0 aromatic rings. The number of rotatable bonds is 4. The van der Waals surface area contributed by atoms with Crippen LogP contribution in [0.25, 0.3) is 0 Å². The minimum Gasteiger partial charge on any atom is -0.389 e. The smallest absolute Gasteiger partial charge is 0.176 e. The zero-order chi connectivity index (χ0) is 9.02. The maximum atomic E-state index is 10.7. The monoisotopic (exact) mass is 158 g/mol. The van der Waals surface area contributed by atoms with Crippen LogP contribution in [0.1, 0.15) is 13.8 Å². The van der Waals surface area contributed by atoms with Gasteiger partial charge in [0.2, 0.25) is 0 Å². The molecule has 0 aliphatic rings. The van der Waals surface area contributed by atoms with Crippen molar-refractivity contribution >= 4 is 17.3 Å². The van der Waals surface area contributed by atoms with Crippen LogP contribution < -0.4 is 0 Å². The molecule has 0 aliphatic carbocycles. The Hall–Kier alpha value is -1.03. The molecule has 0 heterocycles. The van der Waals surface area contributed by atoms with E-state index in [4.69, 9.17) is 5.11 Å². The quantitative estimate of drug-likeness (QED) is 0.551. The molecule has 0 amide bonds. The fraction of sp³-hybridized carbons (Fsp3) is 0.571. The van der Waals surface area contributed by atoms with Crippen LogP contribution in [0.15, 0.2) is 0 Å². The normalized spacial score (nSPS) is 9.82. The highest BCUT2D eigenvalue weighted by molar-refractivity contribution is 6.18. The van der Waals surface area contributed by atoms with E-state index in [1.807, 2.05) is 0 Å². The number of hydrogen-bond acceptors (Lipinski definition) is 4. The zero-order valence-electron chi connectivity index (χ0n) is 6.46. The Labute approximate surface area is 64.2 Å². The van der Waals surface area contributed by atoms with Gasteiger partial charge >= 0.3 is 0 Å². The molecule has 0 aromatic heterocycles. The van der Waals surface area contributed by atoms with Gasteiger partial charge in [-0.2, -0.15) is 0 Å². The van der Waals surface area contributed by atoms with Crippen LogP contribution in [0.5, 0.6) is 0 Å². The molecule has 0 aromatic carbocycles. The highest BCUT2D eigenvalue weighted by Gasteiger charge is 2.26. The fourth-order valence-electron chi connectivity index (χ4n) is 0.831. The van der Waals surface area contributed by atoms with E-state index < -0.39 is 29.9 Å². The van der Waals surface area contributed by atoms with Crippen molar-refractivity contribution in [2.45, 2.75) is 13.8 Å². The molecule has 1 N–H and O–H groups in total. The molecule has 0 rings (SSSR count). The Balaban J connectivity index is 4.47. The largest absolute Gasteiger partial charge is 0.389 e. The molecule has 0 atom stereocenters. The summed E-state index contributed by atoms with van der Waals surface area (Å²) in [5, 5.41) is 8.35. The Morgan fingerprint density at radius 1 is 1.18 bits per heavy atom. The molecular weight excluding hydrogens is 148 g/mol. The molecule has 0 fully saturated rings. The molecule has 0 unspecified atom stereocenters. The number of carbonyl (C=O) groups is 3. The van der Waals surface area contributed by atoms with E-state index in [1.165, 1.54) is 0 Å². The summed E-state index contributed by atoms with van der Waals surface area (Å²) >= 11 is 0. The number of ketones is 3. The molecule has 0 aliphatic heterocycles. The standard InChI is InChI=1S/C7H10O4/c1-4(9)7(5(2)10)6(11)3-8/h7-8H,3H2,1-2H3. The van der Waals surface area contributed by atoms with Crippen LogP contribution in [-0.2, 0) is 14.4 Å². The van der Waals surface area contributed by atoms with E-state index in [0.717, 1.165) is 13.8 Å². The van der Waals surface area contributed by atoms with E-state index in [2.05, 4.69) is 0 Å². The van der Waals surface area contributed by atoms with Gasteiger partial charge in [-0.1, -0.05) is 0 Å². The summed E-state index contributed by atoms with van der Waals surface area (Å²) in [6.45, 7) is 1.54. The van der Waals surface area contributed by atoms with Gasteiger partial charge in [-0.05, 0) is 13.8 Å². The van der Waals surface area contributed by atoms with Crippen molar-refractivity contribution in [3.05, 3.63) is 0 Å². The van der Waals surface area contributed by atoms with Crippen LogP contribution in [0.2, 0.25) is 0 Å². The summed E-state index contributed by atoms with van der Waals surface area (Å²) in [5.41, 5.74) is 0. The molecule has 4 heteroatoms. The van der Waals surface area contributed by atoms with Crippen molar-refractivity contribution in [1.29, 1.82) is 0 Å². The summed E-state index contributed by atoms with van der Waals surface area (Å²) in [6.07, 6.45) is 0. The van der Waals surface area contributed by atoms with Gasteiger partial charge in [0.1, 0.15) is 24.1 Å². The molecule has 62 valence electrons. The summed E-state index contributed by atoms with van der Waals surface area (Å²) < 4.78 is 0. The second-order valence-electron chi connectivity index (χ2n) is 2.28. The summed E-state index contributed by atoms with van der Waals surface area (Å²) in [5.74, 6) is -3.03. The maximum Gasteiger partial charge on any atom is 0.176 e. The third-order valence-electron chi connectivity index (χ3n) is 1.29. The van der Waals surface area contributed by atoms with Crippen molar-refractivity contribution in [1.82, 2.24) is 0 Å². The average Bonchev–Trinajstić information content (AvgIpc) is 1.85. The van der Waals surface area contributed by atoms with Crippen molar-refractivity contribution in [2.24, 2.45) is 5.92 Å². The van der Waals surface area contributed by atoms with Gasteiger partial charge in [-0.15, -0.1) is 0 Å². The Morgan fingerprint density at radius 3 is 1.64 bits per heavy atom. The molecule has 0 saturated carbocycles. The van der Waals surface area contributed by atoms with Gasteiger partial charge in [0.05, 0.1) is 0 Å². The van der Waals surface area contributed by atoms with Crippen molar-refractivity contribution < 1.29 is 19.5 Å². The lowest BCUT2D eigenvalue weighted by Gasteiger charge is -2.05. The lowest BCUT2D eigenvalue weighted by Crippen LogP contribution is -2.30. The third kappa shape index (κ3) is 2.59. The number of carbonyl (C=O) groups excluding carboxylic acids is 3. The lowest BCUT2D eigenvalue weighted by molar-refractivity contribution is -0.139. The SMILES string of the molecule is CC(=O)C(C(C)=O)C(=O)CO. The molecular formula is C7H10O4. The van der Waals surface area contributed by atoms with Gasteiger partial charge in [0, 0.05) is 0 Å². The molecule has 0 bridgehead atoms. The topological polar surface area (TPSA) is 71.4 Å². The second kappa shape index (κ2) is 3.98. The third-order valence-corrected chi connectivity index (χ3v) is 1.29. The first-order chi connectivity index (χ1) is 5.00. The molecule has 4 nitrogen and oxygen atoms in total. The summed E-state index contributed by atoms with van der Waals surface area (Å²) in [6, 6.07) is 0. The Bertz CT molecular complexity index is 181. The molecule has 0 saturated heterocycles. The van der Waals surface area contributed by atoms with Crippen LogP contribution in [-0.4, -0.2) is 29.1 Å². The highest BCUT2D eigenvalue weighted by Crippen LogP contribution is 2.01. The second-order valence-corrected chi connectivity index (χ2v) is 2.28. The molecule has 11 heavy (non-hydrogen) atoms. The minimum atomic E-state index is -1.26. The van der Waals surface area contributed by atoms with E-state index in [9.17, 15) is 14.4 Å². The average molecular weight is 158 g/mol. The van der Waals surface area contributed by atoms with Gasteiger partial charge in [0.25, 0.3) is 0 Å². The van der Waals surface area contributed by atoms with Crippen LogP contribution in [0, 0.1) is 5.92 Å². The first-order valence-electron chi connectivity index (χ1n) is 3.15. The maximum absolute atomic E-state index is 10.7. The lowest BCUT2D eigenvalue weighted by atomic mass is 9.96. The fourth-order valence-corrected chi connectivity index (χ4v) is 0.831.